The van der Waals surface area contributed by atoms with E-state index in [2.05, 4.69) is 43.1 Å². The third-order valence-electron chi connectivity index (χ3n) is 6.79. The maximum absolute atomic E-state index is 12.8. The average molecular weight is 503 g/mol. The number of hydrogen-bond donors (Lipinski definition) is 2. The van der Waals surface area contributed by atoms with Gasteiger partial charge < -0.3 is 19.9 Å². The summed E-state index contributed by atoms with van der Waals surface area (Å²) in [7, 11) is 3.37. The van der Waals surface area contributed by atoms with Gasteiger partial charge in [0.2, 0.25) is 0 Å². The molecule has 1 atom stereocenters. The van der Waals surface area contributed by atoms with Gasteiger partial charge in [0.25, 0.3) is 0 Å². The second-order valence-electron chi connectivity index (χ2n) is 10.2. The second kappa shape index (κ2) is 14.7. The van der Waals surface area contributed by atoms with Crippen molar-refractivity contribution in [3.63, 3.8) is 0 Å². The number of halogens is 1. The molecule has 7 heteroatoms. The molecule has 2 aromatic carbocycles. The number of methoxy groups -OCH3 is 2. The van der Waals surface area contributed by atoms with Crippen molar-refractivity contribution in [2.45, 2.75) is 59.5 Å². The van der Waals surface area contributed by atoms with E-state index in [1.165, 1.54) is 11.1 Å². The first kappa shape index (κ1) is 29.4. The summed E-state index contributed by atoms with van der Waals surface area (Å²) in [6, 6.07) is 13.6. The number of nitrogens with zero attached hydrogens (tertiary/aromatic N) is 1. The molecule has 2 N–H and O–H groups in total. The van der Waals surface area contributed by atoms with Crippen LogP contribution >= 0.6 is 0 Å². The lowest BCUT2D eigenvalue weighted by atomic mass is 9.79. The molecule has 0 spiro atoms. The van der Waals surface area contributed by atoms with Crippen LogP contribution in [0.3, 0.4) is 0 Å². The summed E-state index contributed by atoms with van der Waals surface area (Å²) in [5, 5.41) is 10.5. The highest BCUT2D eigenvalue weighted by molar-refractivity contribution is 5.64. The average Bonchev–Trinajstić information content (AvgIpc) is 2.87. The van der Waals surface area contributed by atoms with Crippen LogP contribution in [0.2, 0.25) is 0 Å². The number of carboxylic acid groups (broad SMARTS) is 1. The Balaban J connectivity index is 0.000000346. The SMILES string of the molecule is CCC(CN1CCc2cc(OC)c(OC)cc2C1)CC(C)(C)CCF.O=C(O)NCc1ccccc1. The third kappa shape index (κ3) is 9.69. The summed E-state index contributed by atoms with van der Waals surface area (Å²) in [4.78, 5) is 12.6. The summed E-state index contributed by atoms with van der Waals surface area (Å²) in [5.41, 5.74) is 3.75. The first-order chi connectivity index (χ1) is 17.2. The fraction of sp³-hybridized carbons (Fsp3) is 0.552. The molecule has 0 aliphatic carbocycles. The lowest BCUT2D eigenvalue weighted by molar-refractivity contribution is 0.157. The van der Waals surface area contributed by atoms with Crippen LogP contribution < -0.4 is 14.8 Å². The number of amides is 1. The first-order valence-corrected chi connectivity index (χ1v) is 12.7. The maximum atomic E-state index is 12.8. The zero-order chi connectivity index (χ0) is 26.6. The largest absolute Gasteiger partial charge is 0.493 e. The Kier molecular flexibility index (Phi) is 12.0. The molecule has 0 saturated carbocycles. The van der Waals surface area contributed by atoms with Crippen molar-refractivity contribution < 1.29 is 23.8 Å². The molecule has 0 aromatic heterocycles. The normalized spacial score (nSPS) is 14.2. The Morgan fingerprint density at radius 3 is 2.33 bits per heavy atom. The summed E-state index contributed by atoms with van der Waals surface area (Å²) in [6.07, 6.45) is 2.94. The molecule has 36 heavy (non-hydrogen) atoms. The highest BCUT2D eigenvalue weighted by Gasteiger charge is 2.26. The van der Waals surface area contributed by atoms with Crippen molar-refractivity contribution >= 4 is 6.09 Å². The van der Waals surface area contributed by atoms with Crippen LogP contribution in [0.25, 0.3) is 0 Å². The molecule has 0 radical (unpaired) electrons. The molecule has 6 nitrogen and oxygen atoms in total. The first-order valence-electron chi connectivity index (χ1n) is 12.7. The van der Waals surface area contributed by atoms with Gasteiger partial charge in [-0.2, -0.15) is 0 Å². The van der Waals surface area contributed by atoms with Crippen LogP contribution in [0.1, 0.15) is 56.7 Å². The second-order valence-corrected chi connectivity index (χ2v) is 10.2. The van der Waals surface area contributed by atoms with Gasteiger partial charge in [-0.1, -0.05) is 57.5 Å². The molecule has 1 aliphatic rings. The van der Waals surface area contributed by atoms with Gasteiger partial charge in [-0.25, -0.2) is 4.79 Å². The number of alkyl halides is 1. The van der Waals surface area contributed by atoms with Gasteiger partial charge >= 0.3 is 6.09 Å². The standard InChI is InChI=1S/C21H34FNO2.C8H9NO2/c1-6-16(13-21(2,3)8-9-22)14-23-10-7-17-11-19(24-4)20(25-5)12-18(17)15-23;10-8(11)9-6-7-4-2-1-3-5-7/h11-12,16H,6-10,13-15H2,1-5H3;1-5,9H,6H2,(H,10,11). The minimum atomic E-state index is -0.992. The van der Waals surface area contributed by atoms with Crippen molar-refractivity contribution in [1.82, 2.24) is 10.2 Å². The summed E-state index contributed by atoms with van der Waals surface area (Å²) in [5.74, 6) is 2.23. The molecule has 3 rings (SSSR count). The zero-order valence-electron chi connectivity index (χ0n) is 22.5. The summed E-state index contributed by atoms with van der Waals surface area (Å²) < 4.78 is 23.6. The van der Waals surface area contributed by atoms with E-state index in [-0.39, 0.29) is 12.1 Å². The van der Waals surface area contributed by atoms with Gasteiger partial charge in [-0.3, -0.25) is 9.29 Å². The Bertz CT molecular complexity index is 936. The van der Waals surface area contributed by atoms with E-state index in [4.69, 9.17) is 14.6 Å². The molecule has 200 valence electrons. The molecular formula is C29H43FN2O4. The maximum Gasteiger partial charge on any atom is 0.404 e. The Morgan fingerprint density at radius 2 is 1.78 bits per heavy atom. The molecular weight excluding hydrogens is 459 g/mol. The number of benzene rings is 2. The number of ether oxygens (including phenoxy) is 2. The van der Waals surface area contributed by atoms with Crippen molar-refractivity contribution in [3.05, 3.63) is 59.2 Å². The molecule has 1 amide bonds. The van der Waals surface area contributed by atoms with E-state index < -0.39 is 6.09 Å². The Hall–Kier alpha value is -2.80. The minimum Gasteiger partial charge on any atom is -0.493 e. The predicted molar refractivity (Wildman–Crippen MR) is 143 cm³/mol. The monoisotopic (exact) mass is 502 g/mol. The highest BCUT2D eigenvalue weighted by Crippen LogP contribution is 2.35. The van der Waals surface area contributed by atoms with E-state index in [9.17, 15) is 9.18 Å². The van der Waals surface area contributed by atoms with E-state index >= 15 is 0 Å². The van der Waals surface area contributed by atoms with E-state index in [0.717, 1.165) is 56.0 Å². The van der Waals surface area contributed by atoms with Crippen molar-refractivity contribution in [2.24, 2.45) is 11.3 Å². The van der Waals surface area contributed by atoms with Gasteiger partial charge in [0, 0.05) is 26.2 Å². The number of rotatable bonds is 11. The van der Waals surface area contributed by atoms with E-state index in [1.807, 2.05) is 30.3 Å². The number of fused-ring (bicyclic) bond motifs is 1. The topological polar surface area (TPSA) is 71.0 Å². The summed E-state index contributed by atoms with van der Waals surface area (Å²) in [6.45, 7) is 9.90. The predicted octanol–water partition coefficient (Wildman–Crippen LogP) is 6.32. The number of hydrogen-bond acceptors (Lipinski definition) is 4. The van der Waals surface area contributed by atoms with E-state index in [1.54, 1.807) is 14.2 Å². The number of nitrogens with one attached hydrogen (secondary N) is 1. The molecule has 1 unspecified atom stereocenters. The Labute approximate surface area is 215 Å². The van der Waals surface area contributed by atoms with Gasteiger partial charge in [-0.05, 0) is 59.4 Å². The lowest BCUT2D eigenvalue weighted by Gasteiger charge is -2.35. The van der Waals surface area contributed by atoms with E-state index in [0.29, 0.717) is 18.9 Å². The molecule has 0 saturated heterocycles. The smallest absolute Gasteiger partial charge is 0.404 e. The van der Waals surface area contributed by atoms with Gasteiger partial charge in [0.1, 0.15) is 0 Å². The Morgan fingerprint density at radius 1 is 1.14 bits per heavy atom. The zero-order valence-corrected chi connectivity index (χ0v) is 22.5. The third-order valence-corrected chi connectivity index (χ3v) is 6.79. The molecule has 0 fully saturated rings. The lowest BCUT2D eigenvalue weighted by Crippen LogP contribution is -2.36. The van der Waals surface area contributed by atoms with Crippen molar-refractivity contribution in [3.8, 4) is 11.5 Å². The van der Waals surface area contributed by atoms with Gasteiger partial charge in [0.15, 0.2) is 11.5 Å². The van der Waals surface area contributed by atoms with Crippen LogP contribution in [0.5, 0.6) is 11.5 Å². The minimum absolute atomic E-state index is 0.0830. The van der Waals surface area contributed by atoms with Crippen LogP contribution in [0.4, 0.5) is 9.18 Å². The fourth-order valence-electron chi connectivity index (χ4n) is 4.71. The molecule has 2 aromatic rings. The van der Waals surface area contributed by atoms with Crippen LogP contribution in [0, 0.1) is 11.3 Å². The van der Waals surface area contributed by atoms with Gasteiger partial charge in [0.05, 0.1) is 20.9 Å². The summed E-state index contributed by atoms with van der Waals surface area (Å²) >= 11 is 0. The molecule has 1 heterocycles. The quantitative estimate of drug-likeness (QED) is 0.376. The van der Waals surface area contributed by atoms with Crippen molar-refractivity contribution in [2.75, 3.05) is 34.0 Å². The van der Waals surface area contributed by atoms with Crippen LogP contribution in [-0.4, -0.2) is 50.1 Å². The van der Waals surface area contributed by atoms with Crippen LogP contribution in [-0.2, 0) is 19.5 Å². The molecule has 1 aliphatic heterocycles. The van der Waals surface area contributed by atoms with Gasteiger partial charge in [-0.15, -0.1) is 0 Å². The number of carbonyl (C=O) groups is 1. The highest BCUT2D eigenvalue weighted by atomic mass is 19.1. The van der Waals surface area contributed by atoms with Crippen LogP contribution in [0.15, 0.2) is 42.5 Å². The van der Waals surface area contributed by atoms with Crippen molar-refractivity contribution in [1.29, 1.82) is 0 Å². The fourth-order valence-corrected chi connectivity index (χ4v) is 4.71. The molecule has 0 bridgehead atoms.